The third kappa shape index (κ3) is 5.10. The summed E-state index contributed by atoms with van der Waals surface area (Å²) in [5, 5.41) is 1.76. The molecular formula is C19H14ClF5N4O2. The minimum Gasteiger partial charge on any atom is -0.337 e. The summed E-state index contributed by atoms with van der Waals surface area (Å²) in [5.41, 5.74) is -0.665. The van der Waals surface area contributed by atoms with E-state index in [0.29, 0.717) is 6.07 Å². The van der Waals surface area contributed by atoms with Crippen molar-refractivity contribution in [3.8, 4) is 0 Å². The molecule has 0 atom stereocenters. The number of halogens is 6. The van der Waals surface area contributed by atoms with Crippen LogP contribution < -0.4 is 5.32 Å². The molecule has 0 radical (unpaired) electrons. The van der Waals surface area contributed by atoms with E-state index in [1.165, 1.54) is 31.3 Å². The Bertz CT molecular complexity index is 1150. The highest BCUT2D eigenvalue weighted by atomic mass is 35.5. The second kappa shape index (κ2) is 8.50. The summed E-state index contributed by atoms with van der Waals surface area (Å²) in [7, 11) is 1.31. The molecule has 2 amide bonds. The quantitative estimate of drug-likeness (QED) is 0.532. The number of aromatic amines is 1. The SMILES string of the molecule is CN(CC(=O)Nc1ccc(Cl)c(C(F)(F)F)c1)C(=O)c1ccc2nc(C(F)F)[nH]c2c1. The average molecular weight is 461 g/mol. The zero-order valence-electron chi connectivity index (χ0n) is 15.7. The van der Waals surface area contributed by atoms with Crippen molar-refractivity contribution < 1.29 is 31.5 Å². The number of amides is 2. The monoisotopic (exact) mass is 460 g/mol. The summed E-state index contributed by atoms with van der Waals surface area (Å²) < 4.78 is 64.3. The number of anilines is 1. The third-order valence-electron chi connectivity index (χ3n) is 4.24. The van der Waals surface area contributed by atoms with E-state index in [-0.39, 0.29) is 22.3 Å². The zero-order chi connectivity index (χ0) is 22.9. The van der Waals surface area contributed by atoms with Crippen LogP contribution >= 0.6 is 11.6 Å². The normalized spacial score (nSPS) is 11.7. The Hall–Kier alpha value is -3.21. The van der Waals surface area contributed by atoms with Gasteiger partial charge in [-0.2, -0.15) is 13.2 Å². The molecule has 3 rings (SSSR count). The van der Waals surface area contributed by atoms with Gasteiger partial charge in [0.15, 0.2) is 5.82 Å². The van der Waals surface area contributed by atoms with Gasteiger partial charge in [-0.05, 0) is 36.4 Å². The number of rotatable bonds is 5. The first-order chi connectivity index (χ1) is 14.5. The van der Waals surface area contributed by atoms with E-state index in [2.05, 4.69) is 15.3 Å². The van der Waals surface area contributed by atoms with Crippen LogP contribution in [-0.4, -0.2) is 40.3 Å². The minimum absolute atomic E-state index is 0.109. The molecule has 0 aliphatic carbocycles. The van der Waals surface area contributed by atoms with E-state index in [4.69, 9.17) is 11.6 Å². The van der Waals surface area contributed by atoms with Gasteiger partial charge in [0.25, 0.3) is 12.3 Å². The van der Waals surface area contributed by atoms with Crippen molar-refractivity contribution in [3.63, 3.8) is 0 Å². The standard InChI is InChI=1S/C19H14ClF5N4O2/c1-29(8-15(30)26-10-3-4-12(20)11(7-10)19(23,24)25)18(31)9-2-5-13-14(6-9)28-17(27-13)16(21)22/h2-7,16H,8H2,1H3,(H,26,30)(H,27,28). The van der Waals surface area contributed by atoms with E-state index in [1.807, 2.05) is 0 Å². The molecule has 1 heterocycles. The molecule has 0 aliphatic heterocycles. The fourth-order valence-electron chi connectivity index (χ4n) is 2.79. The number of carbonyl (C=O) groups is 2. The molecule has 2 aromatic carbocycles. The molecule has 0 spiro atoms. The molecule has 0 saturated carbocycles. The molecule has 164 valence electrons. The second-order valence-electron chi connectivity index (χ2n) is 6.56. The van der Waals surface area contributed by atoms with Crippen LogP contribution in [0.4, 0.5) is 27.6 Å². The van der Waals surface area contributed by atoms with Crippen LogP contribution in [0, 0.1) is 0 Å². The Morgan fingerprint density at radius 3 is 2.55 bits per heavy atom. The van der Waals surface area contributed by atoms with Crippen molar-refractivity contribution in [2.75, 3.05) is 18.9 Å². The molecule has 12 heteroatoms. The average Bonchev–Trinajstić information content (AvgIpc) is 3.11. The number of nitrogens with zero attached hydrogens (tertiary/aromatic N) is 2. The highest BCUT2D eigenvalue weighted by molar-refractivity contribution is 6.31. The Labute approximate surface area is 177 Å². The van der Waals surface area contributed by atoms with E-state index in [1.54, 1.807) is 0 Å². The van der Waals surface area contributed by atoms with Crippen molar-refractivity contribution in [1.29, 1.82) is 0 Å². The Kier molecular flexibility index (Phi) is 6.16. The molecular weight excluding hydrogens is 447 g/mol. The van der Waals surface area contributed by atoms with E-state index < -0.39 is 47.4 Å². The first-order valence-corrected chi connectivity index (χ1v) is 9.03. The zero-order valence-corrected chi connectivity index (χ0v) is 16.5. The van der Waals surface area contributed by atoms with Crippen LogP contribution in [0.5, 0.6) is 0 Å². The summed E-state index contributed by atoms with van der Waals surface area (Å²) in [4.78, 5) is 31.9. The molecule has 0 unspecified atom stereocenters. The number of hydrogen-bond donors (Lipinski definition) is 2. The van der Waals surface area contributed by atoms with E-state index >= 15 is 0 Å². The van der Waals surface area contributed by atoms with Crippen LogP contribution in [-0.2, 0) is 11.0 Å². The van der Waals surface area contributed by atoms with Crippen LogP contribution in [0.25, 0.3) is 11.0 Å². The Morgan fingerprint density at radius 2 is 1.90 bits per heavy atom. The number of aromatic nitrogens is 2. The maximum Gasteiger partial charge on any atom is 0.417 e. The van der Waals surface area contributed by atoms with Gasteiger partial charge in [-0.15, -0.1) is 0 Å². The van der Waals surface area contributed by atoms with Gasteiger partial charge in [0.1, 0.15) is 0 Å². The number of alkyl halides is 5. The van der Waals surface area contributed by atoms with Gasteiger partial charge in [-0.3, -0.25) is 9.59 Å². The van der Waals surface area contributed by atoms with E-state index in [0.717, 1.165) is 11.0 Å². The van der Waals surface area contributed by atoms with Gasteiger partial charge in [-0.25, -0.2) is 13.8 Å². The molecule has 0 saturated heterocycles. The maximum atomic E-state index is 12.9. The summed E-state index contributed by atoms with van der Waals surface area (Å²) >= 11 is 5.54. The smallest absolute Gasteiger partial charge is 0.337 e. The lowest BCUT2D eigenvalue weighted by atomic mass is 10.1. The number of likely N-dealkylation sites (N-methyl/N-ethyl adjacent to an activating group) is 1. The third-order valence-corrected chi connectivity index (χ3v) is 4.57. The highest BCUT2D eigenvalue weighted by Crippen LogP contribution is 2.36. The van der Waals surface area contributed by atoms with E-state index in [9.17, 15) is 31.5 Å². The van der Waals surface area contributed by atoms with Crippen molar-refractivity contribution >= 4 is 40.1 Å². The molecule has 6 nitrogen and oxygen atoms in total. The number of hydrogen-bond acceptors (Lipinski definition) is 3. The van der Waals surface area contributed by atoms with Gasteiger partial charge < -0.3 is 15.2 Å². The lowest BCUT2D eigenvalue weighted by Crippen LogP contribution is -2.35. The summed E-state index contributed by atoms with van der Waals surface area (Å²) in [6.07, 6.45) is -7.50. The van der Waals surface area contributed by atoms with Gasteiger partial charge in [0, 0.05) is 18.3 Å². The summed E-state index contributed by atoms with van der Waals surface area (Å²) in [5.74, 6) is -1.88. The van der Waals surface area contributed by atoms with Crippen molar-refractivity contribution in [2.24, 2.45) is 0 Å². The first kappa shape index (κ1) is 22.5. The summed E-state index contributed by atoms with van der Waals surface area (Å²) in [6, 6.07) is 6.95. The van der Waals surface area contributed by atoms with Crippen LogP contribution in [0.3, 0.4) is 0 Å². The molecule has 0 aliphatic rings. The van der Waals surface area contributed by atoms with Gasteiger partial charge in [0.2, 0.25) is 5.91 Å². The number of fused-ring (bicyclic) bond motifs is 1. The lowest BCUT2D eigenvalue weighted by Gasteiger charge is -2.17. The highest BCUT2D eigenvalue weighted by Gasteiger charge is 2.33. The molecule has 2 N–H and O–H groups in total. The number of nitrogens with one attached hydrogen (secondary N) is 2. The molecule has 0 fully saturated rings. The molecule has 1 aromatic heterocycles. The summed E-state index contributed by atoms with van der Waals surface area (Å²) in [6.45, 7) is -0.466. The fourth-order valence-corrected chi connectivity index (χ4v) is 3.02. The van der Waals surface area contributed by atoms with Crippen molar-refractivity contribution in [2.45, 2.75) is 12.6 Å². The predicted octanol–water partition coefficient (Wildman–Crippen LogP) is 4.88. The Balaban J connectivity index is 1.69. The topological polar surface area (TPSA) is 78.1 Å². The van der Waals surface area contributed by atoms with Crippen LogP contribution in [0.15, 0.2) is 36.4 Å². The molecule has 3 aromatic rings. The molecule has 0 bridgehead atoms. The van der Waals surface area contributed by atoms with Gasteiger partial charge in [0.05, 0.1) is 28.2 Å². The van der Waals surface area contributed by atoms with Crippen molar-refractivity contribution in [1.82, 2.24) is 14.9 Å². The maximum absolute atomic E-state index is 12.9. The number of H-pyrrole nitrogens is 1. The molecule has 31 heavy (non-hydrogen) atoms. The predicted molar refractivity (Wildman–Crippen MR) is 103 cm³/mol. The van der Waals surface area contributed by atoms with Gasteiger partial charge >= 0.3 is 6.18 Å². The first-order valence-electron chi connectivity index (χ1n) is 8.65. The van der Waals surface area contributed by atoms with Crippen LogP contribution in [0.2, 0.25) is 5.02 Å². The van der Waals surface area contributed by atoms with Gasteiger partial charge in [-0.1, -0.05) is 11.6 Å². The second-order valence-corrected chi connectivity index (χ2v) is 6.96. The minimum atomic E-state index is -4.69. The lowest BCUT2D eigenvalue weighted by molar-refractivity contribution is -0.137. The number of carbonyl (C=O) groups excluding carboxylic acids is 2. The number of imidazole rings is 1. The Morgan fingerprint density at radius 1 is 1.19 bits per heavy atom. The van der Waals surface area contributed by atoms with Crippen LogP contribution in [0.1, 0.15) is 28.2 Å². The van der Waals surface area contributed by atoms with Crippen molar-refractivity contribution in [3.05, 3.63) is 58.4 Å². The number of benzene rings is 2. The fraction of sp³-hybridized carbons (Fsp3) is 0.211. The largest absolute Gasteiger partial charge is 0.417 e.